The third-order valence-electron chi connectivity index (χ3n) is 2.45. The Morgan fingerprint density at radius 2 is 2.38 bits per heavy atom. The number of aliphatic hydroxyl groups is 1. The van der Waals surface area contributed by atoms with Crippen molar-refractivity contribution in [3.63, 3.8) is 0 Å². The van der Waals surface area contributed by atoms with Gasteiger partial charge in [-0.2, -0.15) is 0 Å². The molecule has 0 saturated carbocycles. The van der Waals surface area contributed by atoms with Crippen molar-refractivity contribution in [1.29, 1.82) is 0 Å². The summed E-state index contributed by atoms with van der Waals surface area (Å²) in [7, 11) is 0. The summed E-state index contributed by atoms with van der Waals surface area (Å²) in [4.78, 5) is 4.04. The summed E-state index contributed by atoms with van der Waals surface area (Å²) in [6, 6.07) is 3.95. The minimum Gasteiger partial charge on any atom is -0.396 e. The molecule has 3 nitrogen and oxygen atoms in total. The van der Waals surface area contributed by atoms with Gasteiger partial charge in [0.1, 0.15) is 0 Å². The molecule has 0 bridgehead atoms. The van der Waals surface area contributed by atoms with Crippen LogP contribution in [0.3, 0.4) is 0 Å². The second kappa shape index (κ2) is 3.44. The molecular formula is C10H13NO2. The first-order chi connectivity index (χ1) is 6.35. The Morgan fingerprint density at radius 3 is 2.85 bits per heavy atom. The van der Waals surface area contributed by atoms with Gasteiger partial charge in [0.05, 0.1) is 19.8 Å². The molecule has 1 aliphatic heterocycles. The number of pyridine rings is 1. The van der Waals surface area contributed by atoms with Crippen molar-refractivity contribution < 1.29 is 9.84 Å². The molecule has 70 valence electrons. The maximum atomic E-state index is 9.20. The zero-order valence-corrected chi connectivity index (χ0v) is 7.44. The van der Waals surface area contributed by atoms with E-state index in [1.54, 1.807) is 6.20 Å². The number of ether oxygens (including phenoxy) is 1. The van der Waals surface area contributed by atoms with Crippen LogP contribution >= 0.6 is 0 Å². The van der Waals surface area contributed by atoms with Crippen molar-refractivity contribution in [3.05, 3.63) is 30.1 Å². The first kappa shape index (κ1) is 8.66. The molecule has 2 rings (SSSR count). The summed E-state index contributed by atoms with van der Waals surface area (Å²) in [6.45, 7) is 1.53. The van der Waals surface area contributed by atoms with Crippen molar-refractivity contribution in [2.24, 2.45) is 5.41 Å². The van der Waals surface area contributed by atoms with Crippen molar-refractivity contribution in [2.45, 2.75) is 6.42 Å². The van der Waals surface area contributed by atoms with Gasteiger partial charge in [-0.1, -0.05) is 6.07 Å². The molecule has 1 aliphatic rings. The van der Waals surface area contributed by atoms with E-state index in [9.17, 15) is 5.11 Å². The normalized spacial score (nSPS) is 19.5. The Kier molecular flexibility index (Phi) is 2.29. The lowest BCUT2D eigenvalue weighted by molar-refractivity contribution is -0.136. The zero-order valence-electron chi connectivity index (χ0n) is 7.44. The Hall–Kier alpha value is -0.930. The van der Waals surface area contributed by atoms with Crippen LogP contribution in [0.5, 0.6) is 0 Å². The highest BCUT2D eigenvalue weighted by atomic mass is 16.5. The lowest BCUT2D eigenvalue weighted by Gasteiger charge is -2.39. The van der Waals surface area contributed by atoms with Crippen LogP contribution in [0.2, 0.25) is 0 Å². The summed E-state index contributed by atoms with van der Waals surface area (Å²) in [5.41, 5.74) is 1.13. The molecule has 0 aliphatic carbocycles. The second-order valence-corrected chi connectivity index (χ2v) is 3.69. The quantitative estimate of drug-likeness (QED) is 0.740. The van der Waals surface area contributed by atoms with E-state index in [2.05, 4.69) is 4.98 Å². The van der Waals surface area contributed by atoms with E-state index in [4.69, 9.17) is 4.74 Å². The van der Waals surface area contributed by atoms with Crippen molar-refractivity contribution in [1.82, 2.24) is 4.98 Å². The number of nitrogens with zero attached hydrogens (tertiary/aromatic N) is 1. The third kappa shape index (κ3) is 1.71. The SMILES string of the molecule is OCC1(Cc2cccnc2)COC1. The van der Waals surface area contributed by atoms with Crippen molar-refractivity contribution >= 4 is 0 Å². The Morgan fingerprint density at radius 1 is 1.54 bits per heavy atom. The number of rotatable bonds is 3. The van der Waals surface area contributed by atoms with E-state index in [0.29, 0.717) is 13.2 Å². The van der Waals surface area contributed by atoms with Gasteiger partial charge < -0.3 is 9.84 Å². The van der Waals surface area contributed by atoms with Crippen LogP contribution in [-0.2, 0) is 11.2 Å². The molecule has 0 atom stereocenters. The third-order valence-corrected chi connectivity index (χ3v) is 2.45. The Balaban J connectivity index is 2.05. The van der Waals surface area contributed by atoms with E-state index in [1.807, 2.05) is 18.3 Å². The monoisotopic (exact) mass is 179 g/mol. The summed E-state index contributed by atoms with van der Waals surface area (Å²) in [5, 5.41) is 9.20. The van der Waals surface area contributed by atoms with Crippen molar-refractivity contribution in [3.8, 4) is 0 Å². The molecule has 0 unspecified atom stereocenters. The van der Waals surface area contributed by atoms with E-state index in [-0.39, 0.29) is 12.0 Å². The first-order valence-electron chi connectivity index (χ1n) is 4.42. The predicted octanol–water partition coefficient (Wildman–Crippen LogP) is 0.633. The van der Waals surface area contributed by atoms with Gasteiger partial charge in [-0.25, -0.2) is 0 Å². The van der Waals surface area contributed by atoms with Gasteiger partial charge in [0, 0.05) is 17.8 Å². The minimum absolute atomic E-state index is 0.0387. The van der Waals surface area contributed by atoms with Crippen LogP contribution in [0.15, 0.2) is 24.5 Å². The molecule has 0 spiro atoms. The van der Waals surface area contributed by atoms with Crippen LogP contribution in [-0.4, -0.2) is 29.9 Å². The zero-order chi connectivity index (χ0) is 9.15. The van der Waals surface area contributed by atoms with Gasteiger partial charge in [0.25, 0.3) is 0 Å². The number of aliphatic hydroxyl groups excluding tert-OH is 1. The van der Waals surface area contributed by atoms with Gasteiger partial charge in [0.15, 0.2) is 0 Å². The van der Waals surface area contributed by atoms with E-state index < -0.39 is 0 Å². The van der Waals surface area contributed by atoms with Gasteiger partial charge >= 0.3 is 0 Å². The van der Waals surface area contributed by atoms with E-state index >= 15 is 0 Å². The van der Waals surface area contributed by atoms with E-state index in [1.165, 1.54) is 5.56 Å². The fourth-order valence-electron chi connectivity index (χ4n) is 1.58. The van der Waals surface area contributed by atoms with E-state index in [0.717, 1.165) is 6.42 Å². The maximum absolute atomic E-state index is 9.20. The Bertz CT molecular complexity index is 264. The van der Waals surface area contributed by atoms with Crippen LogP contribution in [0.1, 0.15) is 5.56 Å². The molecule has 1 saturated heterocycles. The minimum atomic E-state index is -0.0387. The average Bonchev–Trinajstić information content (AvgIpc) is 2.13. The molecule has 1 fully saturated rings. The van der Waals surface area contributed by atoms with Crippen LogP contribution in [0.25, 0.3) is 0 Å². The van der Waals surface area contributed by atoms with Crippen molar-refractivity contribution in [2.75, 3.05) is 19.8 Å². The summed E-state index contributed by atoms with van der Waals surface area (Å²) in [5.74, 6) is 0. The lowest BCUT2D eigenvalue weighted by atomic mass is 9.81. The highest BCUT2D eigenvalue weighted by molar-refractivity contribution is 5.12. The van der Waals surface area contributed by atoms with Gasteiger partial charge in [0.2, 0.25) is 0 Å². The summed E-state index contributed by atoms with van der Waals surface area (Å²) >= 11 is 0. The fourth-order valence-corrected chi connectivity index (χ4v) is 1.58. The largest absolute Gasteiger partial charge is 0.396 e. The topological polar surface area (TPSA) is 42.4 Å². The van der Waals surface area contributed by atoms with Crippen LogP contribution < -0.4 is 0 Å². The second-order valence-electron chi connectivity index (χ2n) is 3.69. The number of aromatic nitrogens is 1. The summed E-state index contributed by atoms with van der Waals surface area (Å²) in [6.07, 6.45) is 4.46. The number of hydrogen-bond acceptors (Lipinski definition) is 3. The van der Waals surface area contributed by atoms with Gasteiger partial charge in [-0.3, -0.25) is 4.98 Å². The average molecular weight is 179 g/mol. The first-order valence-corrected chi connectivity index (χ1v) is 4.42. The van der Waals surface area contributed by atoms with Crippen LogP contribution in [0, 0.1) is 5.41 Å². The molecule has 2 heterocycles. The molecule has 0 amide bonds. The lowest BCUT2D eigenvalue weighted by Crippen LogP contribution is -2.47. The van der Waals surface area contributed by atoms with Gasteiger partial charge in [-0.15, -0.1) is 0 Å². The molecule has 13 heavy (non-hydrogen) atoms. The predicted molar refractivity (Wildman–Crippen MR) is 48.3 cm³/mol. The molecule has 3 heteroatoms. The van der Waals surface area contributed by atoms with Crippen LogP contribution in [0.4, 0.5) is 0 Å². The standard InChI is InChI=1S/C10H13NO2/c12-6-10(7-13-8-10)4-9-2-1-3-11-5-9/h1-3,5,12H,4,6-8H2. The molecule has 1 aromatic heterocycles. The molecular weight excluding hydrogens is 166 g/mol. The highest BCUT2D eigenvalue weighted by Gasteiger charge is 2.37. The summed E-state index contributed by atoms with van der Waals surface area (Å²) < 4.78 is 5.12. The number of hydrogen-bond donors (Lipinski definition) is 1. The molecule has 1 aromatic rings. The smallest absolute Gasteiger partial charge is 0.0570 e. The Labute approximate surface area is 77.4 Å². The molecule has 0 radical (unpaired) electrons. The van der Waals surface area contributed by atoms with Gasteiger partial charge in [-0.05, 0) is 18.1 Å². The maximum Gasteiger partial charge on any atom is 0.0570 e. The molecule has 0 aromatic carbocycles. The fraction of sp³-hybridized carbons (Fsp3) is 0.500. The highest BCUT2D eigenvalue weighted by Crippen LogP contribution is 2.30. The molecule has 1 N–H and O–H groups in total.